The second kappa shape index (κ2) is 5.61. The number of nitrogens with zero attached hydrogens (tertiary/aromatic N) is 1. The second-order valence-corrected chi connectivity index (χ2v) is 6.90. The molecule has 2 rings (SSSR count). The third-order valence-electron chi connectivity index (χ3n) is 2.69. The summed E-state index contributed by atoms with van der Waals surface area (Å²) in [5, 5.41) is 0. The Balaban J connectivity index is 0.00000128. The predicted octanol–water partition coefficient (Wildman–Crippen LogP) is 2.22. The van der Waals surface area contributed by atoms with Crippen LogP contribution < -0.4 is 14.1 Å². The molecule has 0 amide bonds. The average molecular weight is 398 g/mol. The molecule has 16 heavy (non-hydrogen) atoms. The Labute approximate surface area is 121 Å². The average Bonchev–Trinajstić information content (AvgIpc) is 2.52. The molecule has 4 heteroatoms. The summed E-state index contributed by atoms with van der Waals surface area (Å²) in [4.78, 5) is 3.16. The van der Waals surface area contributed by atoms with E-state index in [4.69, 9.17) is 4.74 Å². The largest absolute Gasteiger partial charge is 0.107 e. The van der Waals surface area contributed by atoms with Crippen LogP contribution in [-0.2, 0) is 0 Å². The van der Waals surface area contributed by atoms with E-state index >= 15 is 0 Å². The zero-order valence-electron chi connectivity index (χ0n) is 10.1. The van der Waals surface area contributed by atoms with Crippen LogP contribution in [0.5, 0.6) is 5.75 Å². The Morgan fingerprint density at radius 1 is 1.38 bits per heavy atom. The standard InChI is InChI=1S/C12H17NOSe.HI/c1-8(2)13-9(3)15-12-6-5-10(14-4)7-11(12)13;/h5-9H,1-4H3;1H. The van der Waals surface area contributed by atoms with E-state index in [9.17, 15) is 0 Å². The topological polar surface area (TPSA) is 12.5 Å². The van der Waals surface area contributed by atoms with E-state index in [0.717, 1.165) is 5.75 Å². The van der Waals surface area contributed by atoms with Crippen molar-refractivity contribution in [1.29, 1.82) is 0 Å². The summed E-state index contributed by atoms with van der Waals surface area (Å²) in [5.74, 6) is 0.962. The normalized spacial score (nSPS) is 18.3. The van der Waals surface area contributed by atoms with Gasteiger partial charge in [0.2, 0.25) is 0 Å². The fraction of sp³-hybridized carbons (Fsp3) is 0.500. The fourth-order valence-electron chi connectivity index (χ4n) is 2.06. The Kier molecular flexibility index (Phi) is 4.95. The summed E-state index contributed by atoms with van der Waals surface area (Å²) in [5.41, 5.74) is 1.37. The third-order valence-corrected chi connectivity index (χ3v) is 5.14. The van der Waals surface area contributed by atoms with Crippen LogP contribution in [-0.4, -0.2) is 33.0 Å². The molecule has 90 valence electrons. The van der Waals surface area contributed by atoms with Crippen LogP contribution in [0, 0.1) is 0 Å². The van der Waals surface area contributed by atoms with Crippen molar-refractivity contribution in [3.8, 4) is 5.75 Å². The Morgan fingerprint density at radius 3 is 2.62 bits per heavy atom. The van der Waals surface area contributed by atoms with Crippen molar-refractivity contribution in [2.24, 2.45) is 0 Å². The quantitative estimate of drug-likeness (QED) is 0.560. The summed E-state index contributed by atoms with van der Waals surface area (Å²) < 4.78 is 6.79. The SMILES string of the molecule is COc1ccc2c(c1)N(C(C)C)C(C)[Se]2.I. The van der Waals surface area contributed by atoms with Crippen molar-refractivity contribution in [3.63, 3.8) is 0 Å². The maximum absolute atomic E-state index is 5.28. The molecule has 0 N–H and O–H groups in total. The number of hydrogen-bond donors (Lipinski definition) is 0. The number of ether oxygens (including phenoxy) is 1. The monoisotopic (exact) mass is 399 g/mol. The molecule has 0 aromatic heterocycles. The van der Waals surface area contributed by atoms with Gasteiger partial charge in [-0.2, -0.15) is 0 Å². The molecule has 1 aliphatic rings. The first-order valence-corrected chi connectivity index (χ1v) is 7.11. The molecule has 2 nitrogen and oxygen atoms in total. The molecule has 0 radical (unpaired) electrons. The molecule has 1 aromatic rings. The molecule has 1 atom stereocenters. The van der Waals surface area contributed by atoms with E-state index in [1.54, 1.807) is 7.11 Å². The summed E-state index contributed by atoms with van der Waals surface area (Å²) in [6, 6.07) is 7.01. The maximum atomic E-state index is 5.28. The summed E-state index contributed by atoms with van der Waals surface area (Å²) in [7, 11) is 1.73. The van der Waals surface area contributed by atoms with E-state index in [1.165, 1.54) is 10.1 Å². The molecule has 0 bridgehead atoms. The Hall–Kier alpha value is 0.0695. The minimum atomic E-state index is 0. The zero-order chi connectivity index (χ0) is 11.0. The van der Waals surface area contributed by atoms with Crippen LogP contribution in [0.1, 0.15) is 20.8 Å². The Morgan fingerprint density at radius 2 is 2.06 bits per heavy atom. The molecule has 0 fully saturated rings. The van der Waals surface area contributed by atoms with Crippen molar-refractivity contribution < 1.29 is 4.74 Å². The molecule has 0 saturated heterocycles. The summed E-state index contributed by atoms with van der Waals surface area (Å²) in [6.07, 6.45) is 0. The second-order valence-electron chi connectivity index (χ2n) is 4.05. The zero-order valence-corrected chi connectivity index (χ0v) is 14.1. The van der Waals surface area contributed by atoms with Gasteiger partial charge in [0.1, 0.15) is 0 Å². The van der Waals surface area contributed by atoms with Crippen LogP contribution in [0.25, 0.3) is 0 Å². The number of halogens is 1. The molecule has 1 unspecified atom stereocenters. The van der Waals surface area contributed by atoms with Crippen LogP contribution in [0.4, 0.5) is 5.69 Å². The number of methoxy groups -OCH3 is 1. The van der Waals surface area contributed by atoms with Crippen LogP contribution in [0.3, 0.4) is 0 Å². The van der Waals surface area contributed by atoms with Crippen molar-refractivity contribution in [1.82, 2.24) is 0 Å². The number of hydrogen-bond acceptors (Lipinski definition) is 2. The summed E-state index contributed by atoms with van der Waals surface area (Å²) in [6.45, 7) is 6.81. The molecular weight excluding hydrogens is 380 g/mol. The van der Waals surface area contributed by atoms with E-state index in [-0.39, 0.29) is 24.0 Å². The van der Waals surface area contributed by atoms with Crippen molar-refractivity contribution in [2.75, 3.05) is 12.0 Å². The number of anilines is 1. The first-order chi connectivity index (χ1) is 7.13. The molecular formula is C12H18INOSe. The molecule has 0 saturated carbocycles. The van der Waals surface area contributed by atoms with E-state index in [1.807, 2.05) is 0 Å². The van der Waals surface area contributed by atoms with Gasteiger partial charge < -0.3 is 0 Å². The van der Waals surface area contributed by atoms with Crippen LogP contribution in [0.2, 0.25) is 0 Å². The molecule has 1 aliphatic heterocycles. The fourth-order valence-corrected chi connectivity index (χ4v) is 4.72. The first kappa shape index (κ1) is 14.1. The predicted molar refractivity (Wildman–Crippen MR) is 80.9 cm³/mol. The van der Waals surface area contributed by atoms with E-state index < -0.39 is 0 Å². The van der Waals surface area contributed by atoms with Gasteiger partial charge in [-0.25, -0.2) is 0 Å². The minimum absolute atomic E-state index is 0. The maximum Gasteiger partial charge on any atom is -0.107 e. The summed E-state index contributed by atoms with van der Waals surface area (Å²) >= 11 is 0.575. The van der Waals surface area contributed by atoms with E-state index in [0.29, 0.717) is 25.9 Å². The van der Waals surface area contributed by atoms with Crippen LogP contribution >= 0.6 is 24.0 Å². The minimum Gasteiger partial charge on any atom is -0.107 e. The van der Waals surface area contributed by atoms with Gasteiger partial charge in [0.05, 0.1) is 0 Å². The third kappa shape index (κ3) is 2.49. The van der Waals surface area contributed by atoms with Gasteiger partial charge >= 0.3 is 97.6 Å². The van der Waals surface area contributed by atoms with Gasteiger partial charge in [-0.05, 0) is 0 Å². The van der Waals surface area contributed by atoms with Gasteiger partial charge in [0.15, 0.2) is 0 Å². The molecule has 1 heterocycles. The van der Waals surface area contributed by atoms with Crippen molar-refractivity contribution in [3.05, 3.63) is 18.2 Å². The van der Waals surface area contributed by atoms with E-state index in [2.05, 4.69) is 43.9 Å². The van der Waals surface area contributed by atoms with Crippen molar-refractivity contribution >= 4 is 49.1 Å². The van der Waals surface area contributed by atoms with Gasteiger partial charge in [0.25, 0.3) is 0 Å². The van der Waals surface area contributed by atoms with Crippen LogP contribution in [0.15, 0.2) is 18.2 Å². The van der Waals surface area contributed by atoms with Gasteiger partial charge in [-0.15, -0.1) is 24.0 Å². The number of benzene rings is 1. The van der Waals surface area contributed by atoms with Crippen molar-refractivity contribution in [2.45, 2.75) is 31.8 Å². The molecule has 1 aromatic carbocycles. The number of rotatable bonds is 2. The smallest absolute Gasteiger partial charge is 0.107 e. The van der Waals surface area contributed by atoms with Gasteiger partial charge in [0, 0.05) is 0 Å². The van der Waals surface area contributed by atoms with Gasteiger partial charge in [-0.1, -0.05) is 0 Å². The molecule has 0 aliphatic carbocycles. The van der Waals surface area contributed by atoms with Gasteiger partial charge in [-0.3, -0.25) is 0 Å². The first-order valence-electron chi connectivity index (χ1n) is 5.26. The Bertz CT molecular complexity index is 370. The number of fused-ring (bicyclic) bond motifs is 1. The molecule has 0 spiro atoms.